The molecule has 1 aliphatic rings. The third kappa shape index (κ3) is 3.66. The van der Waals surface area contributed by atoms with Crippen LogP contribution in [0.25, 0.3) is 0 Å². The van der Waals surface area contributed by atoms with Gasteiger partial charge in [-0.15, -0.1) is 0 Å². The van der Waals surface area contributed by atoms with Crippen LogP contribution in [0.15, 0.2) is 34.9 Å². The highest BCUT2D eigenvalue weighted by Crippen LogP contribution is 2.31. The van der Waals surface area contributed by atoms with E-state index in [0.29, 0.717) is 5.92 Å². The summed E-state index contributed by atoms with van der Waals surface area (Å²) in [5, 5.41) is 0. The molecular formula is C16H26. The van der Waals surface area contributed by atoms with Crippen LogP contribution in [0.2, 0.25) is 0 Å². The standard InChI is InChI=1S/C16H26/c1-5-9-13(3)12-14(4)16-11-8-7-10-15(16)6-2/h5,9,12-13H,6-8,10-11H2,1-4H3/b9-5-,14-12-. The first-order valence-corrected chi connectivity index (χ1v) is 6.71. The topological polar surface area (TPSA) is 0 Å². The maximum absolute atomic E-state index is 2.41. The third-order valence-electron chi connectivity index (χ3n) is 3.49. The lowest BCUT2D eigenvalue weighted by Crippen LogP contribution is -2.01. The molecule has 0 saturated carbocycles. The van der Waals surface area contributed by atoms with Crippen LogP contribution in [-0.2, 0) is 0 Å². The Labute approximate surface area is 101 Å². The second-order valence-corrected chi connectivity index (χ2v) is 4.88. The largest absolute Gasteiger partial charge is 0.0911 e. The van der Waals surface area contributed by atoms with Gasteiger partial charge in [-0.05, 0) is 57.4 Å². The van der Waals surface area contributed by atoms with Crippen LogP contribution in [0, 0.1) is 5.92 Å². The molecule has 0 radical (unpaired) electrons. The van der Waals surface area contributed by atoms with Gasteiger partial charge in [0.2, 0.25) is 0 Å². The molecule has 1 unspecified atom stereocenters. The van der Waals surface area contributed by atoms with E-state index in [4.69, 9.17) is 0 Å². The van der Waals surface area contributed by atoms with Crippen molar-refractivity contribution in [2.24, 2.45) is 5.92 Å². The summed E-state index contributed by atoms with van der Waals surface area (Å²) in [5.41, 5.74) is 4.87. The Kier molecular flexibility index (Phi) is 5.59. The average molecular weight is 218 g/mol. The van der Waals surface area contributed by atoms with Crippen molar-refractivity contribution in [3.63, 3.8) is 0 Å². The van der Waals surface area contributed by atoms with E-state index in [1.165, 1.54) is 37.7 Å². The molecule has 90 valence electrons. The van der Waals surface area contributed by atoms with Crippen LogP contribution in [0.4, 0.5) is 0 Å². The minimum atomic E-state index is 0.567. The number of hydrogen-bond donors (Lipinski definition) is 0. The van der Waals surface area contributed by atoms with Crippen LogP contribution in [0.3, 0.4) is 0 Å². The maximum atomic E-state index is 2.41. The van der Waals surface area contributed by atoms with Gasteiger partial charge in [-0.1, -0.05) is 43.2 Å². The van der Waals surface area contributed by atoms with Gasteiger partial charge in [0.15, 0.2) is 0 Å². The van der Waals surface area contributed by atoms with Gasteiger partial charge < -0.3 is 0 Å². The molecule has 16 heavy (non-hydrogen) atoms. The molecule has 0 aromatic heterocycles. The number of rotatable bonds is 4. The predicted octanol–water partition coefficient (Wildman–Crippen LogP) is 5.43. The van der Waals surface area contributed by atoms with Gasteiger partial charge in [-0.25, -0.2) is 0 Å². The second-order valence-electron chi connectivity index (χ2n) is 4.88. The Morgan fingerprint density at radius 2 is 2.00 bits per heavy atom. The van der Waals surface area contributed by atoms with E-state index in [1.807, 2.05) is 0 Å². The van der Waals surface area contributed by atoms with Crippen LogP contribution in [0.1, 0.15) is 59.8 Å². The first-order chi connectivity index (χ1) is 7.69. The Bertz CT molecular complexity index is 302. The summed E-state index contributed by atoms with van der Waals surface area (Å²) >= 11 is 0. The molecule has 0 spiro atoms. The quantitative estimate of drug-likeness (QED) is 0.552. The van der Waals surface area contributed by atoms with Crippen molar-refractivity contribution in [3.05, 3.63) is 34.9 Å². The lowest BCUT2D eigenvalue weighted by molar-refractivity contribution is 0.659. The third-order valence-corrected chi connectivity index (χ3v) is 3.49. The zero-order chi connectivity index (χ0) is 12.0. The molecule has 0 bridgehead atoms. The van der Waals surface area contributed by atoms with E-state index in [9.17, 15) is 0 Å². The highest BCUT2D eigenvalue weighted by molar-refractivity contribution is 5.36. The van der Waals surface area contributed by atoms with Gasteiger partial charge in [-0.3, -0.25) is 0 Å². The lowest BCUT2D eigenvalue weighted by atomic mass is 9.85. The molecule has 0 heterocycles. The molecule has 0 aromatic carbocycles. The number of allylic oxidation sites excluding steroid dienone is 6. The van der Waals surface area contributed by atoms with Gasteiger partial charge in [0, 0.05) is 0 Å². The average Bonchev–Trinajstić information content (AvgIpc) is 2.29. The van der Waals surface area contributed by atoms with Crippen molar-refractivity contribution in [3.8, 4) is 0 Å². The zero-order valence-electron chi connectivity index (χ0n) is 11.3. The van der Waals surface area contributed by atoms with E-state index in [0.717, 1.165) is 0 Å². The lowest BCUT2D eigenvalue weighted by Gasteiger charge is -2.20. The van der Waals surface area contributed by atoms with Crippen molar-refractivity contribution in [2.75, 3.05) is 0 Å². The Hall–Kier alpha value is -0.780. The molecule has 0 aromatic rings. The van der Waals surface area contributed by atoms with Gasteiger partial charge in [0.25, 0.3) is 0 Å². The molecule has 1 rings (SSSR count). The Balaban J connectivity index is 2.85. The summed E-state index contributed by atoms with van der Waals surface area (Å²) in [6.07, 6.45) is 13.5. The smallest absolute Gasteiger partial charge is 0.00762 e. The fourth-order valence-corrected chi connectivity index (χ4v) is 2.69. The van der Waals surface area contributed by atoms with E-state index in [1.54, 1.807) is 11.1 Å². The van der Waals surface area contributed by atoms with E-state index in [-0.39, 0.29) is 0 Å². The minimum Gasteiger partial charge on any atom is -0.0911 e. The molecule has 0 heteroatoms. The van der Waals surface area contributed by atoms with E-state index < -0.39 is 0 Å². The van der Waals surface area contributed by atoms with Crippen molar-refractivity contribution < 1.29 is 0 Å². The van der Waals surface area contributed by atoms with E-state index in [2.05, 4.69) is 45.9 Å². The summed E-state index contributed by atoms with van der Waals surface area (Å²) < 4.78 is 0. The van der Waals surface area contributed by atoms with Crippen molar-refractivity contribution in [1.82, 2.24) is 0 Å². The van der Waals surface area contributed by atoms with Crippen LogP contribution < -0.4 is 0 Å². The highest BCUT2D eigenvalue weighted by atomic mass is 14.2. The normalized spacial score (nSPS) is 20.6. The van der Waals surface area contributed by atoms with E-state index >= 15 is 0 Å². The molecule has 0 nitrogen and oxygen atoms in total. The Morgan fingerprint density at radius 3 is 2.62 bits per heavy atom. The monoisotopic (exact) mass is 218 g/mol. The van der Waals surface area contributed by atoms with Crippen molar-refractivity contribution in [2.45, 2.75) is 59.8 Å². The van der Waals surface area contributed by atoms with Crippen molar-refractivity contribution in [1.29, 1.82) is 0 Å². The van der Waals surface area contributed by atoms with Gasteiger partial charge in [0.05, 0.1) is 0 Å². The molecule has 1 atom stereocenters. The molecular weight excluding hydrogens is 192 g/mol. The molecule has 0 fully saturated rings. The van der Waals surface area contributed by atoms with Gasteiger partial charge >= 0.3 is 0 Å². The summed E-state index contributed by atoms with van der Waals surface area (Å²) in [7, 11) is 0. The fourth-order valence-electron chi connectivity index (χ4n) is 2.69. The first-order valence-electron chi connectivity index (χ1n) is 6.71. The summed E-state index contributed by atoms with van der Waals surface area (Å²) in [6.45, 7) is 8.94. The summed E-state index contributed by atoms with van der Waals surface area (Å²) in [6, 6.07) is 0. The molecule has 0 N–H and O–H groups in total. The maximum Gasteiger partial charge on any atom is -0.00762 e. The highest BCUT2D eigenvalue weighted by Gasteiger charge is 2.12. The minimum absolute atomic E-state index is 0.567. The molecule has 0 amide bonds. The first kappa shape index (κ1) is 13.3. The van der Waals surface area contributed by atoms with Gasteiger partial charge in [-0.2, -0.15) is 0 Å². The fraction of sp³-hybridized carbons (Fsp3) is 0.625. The Morgan fingerprint density at radius 1 is 1.31 bits per heavy atom. The molecule has 1 aliphatic carbocycles. The number of hydrogen-bond acceptors (Lipinski definition) is 0. The zero-order valence-corrected chi connectivity index (χ0v) is 11.3. The summed E-state index contributed by atoms with van der Waals surface area (Å²) in [4.78, 5) is 0. The SMILES string of the molecule is C/C=C\C(C)/C=C(/C)C1=C(CC)CCCC1. The van der Waals surface area contributed by atoms with Gasteiger partial charge in [0.1, 0.15) is 0 Å². The predicted molar refractivity (Wildman–Crippen MR) is 73.5 cm³/mol. The van der Waals surface area contributed by atoms with Crippen LogP contribution in [-0.4, -0.2) is 0 Å². The van der Waals surface area contributed by atoms with Crippen LogP contribution >= 0.6 is 0 Å². The van der Waals surface area contributed by atoms with Crippen molar-refractivity contribution >= 4 is 0 Å². The van der Waals surface area contributed by atoms with Crippen LogP contribution in [0.5, 0.6) is 0 Å². The second kappa shape index (κ2) is 6.73. The molecule has 0 saturated heterocycles. The summed E-state index contributed by atoms with van der Waals surface area (Å²) in [5.74, 6) is 0.567. The molecule has 0 aliphatic heterocycles.